The van der Waals surface area contributed by atoms with Gasteiger partial charge in [-0.05, 0) is 43.9 Å². The number of benzene rings is 1. The van der Waals surface area contributed by atoms with Gasteiger partial charge in [0.1, 0.15) is 24.5 Å². The van der Waals surface area contributed by atoms with Crippen molar-refractivity contribution in [1.82, 2.24) is 5.32 Å². The fraction of sp³-hybridized carbons (Fsp3) is 0.471. The number of rotatable bonds is 7. The van der Waals surface area contributed by atoms with Crippen LogP contribution in [0.25, 0.3) is 0 Å². The van der Waals surface area contributed by atoms with Gasteiger partial charge in [0.05, 0.1) is 5.56 Å². The van der Waals surface area contributed by atoms with Crippen molar-refractivity contribution in [2.45, 2.75) is 25.4 Å². The molecule has 0 spiro atoms. The summed E-state index contributed by atoms with van der Waals surface area (Å²) in [5, 5.41) is 22.2. The highest BCUT2D eigenvalue weighted by Gasteiger charge is 2.11. The van der Waals surface area contributed by atoms with Crippen LogP contribution < -0.4 is 10.1 Å². The second-order valence-corrected chi connectivity index (χ2v) is 5.38. The van der Waals surface area contributed by atoms with Crippen LogP contribution in [0.2, 0.25) is 0 Å². The van der Waals surface area contributed by atoms with E-state index in [2.05, 4.69) is 23.5 Å². The minimum atomic E-state index is -0.573. The topological polar surface area (TPSA) is 65.3 Å². The van der Waals surface area contributed by atoms with Crippen LogP contribution in [0.15, 0.2) is 36.4 Å². The first-order valence-electron chi connectivity index (χ1n) is 7.45. The van der Waals surface area contributed by atoms with E-state index in [-0.39, 0.29) is 6.61 Å². The first-order valence-corrected chi connectivity index (χ1v) is 7.45. The lowest BCUT2D eigenvalue weighted by Gasteiger charge is -2.19. The van der Waals surface area contributed by atoms with E-state index in [0.717, 1.165) is 19.4 Å². The van der Waals surface area contributed by atoms with Crippen molar-refractivity contribution in [2.75, 3.05) is 19.7 Å². The molecule has 112 valence electrons. The summed E-state index contributed by atoms with van der Waals surface area (Å²) in [4.78, 5) is 0. The lowest BCUT2D eigenvalue weighted by Crippen LogP contribution is -2.34. The second-order valence-electron chi connectivity index (χ2n) is 5.38. The molecule has 0 bridgehead atoms. The van der Waals surface area contributed by atoms with Crippen molar-refractivity contribution < 1.29 is 9.84 Å². The number of nitriles is 1. The molecule has 0 aromatic heterocycles. The third-order valence-electron chi connectivity index (χ3n) is 3.63. The van der Waals surface area contributed by atoms with E-state index in [1.165, 1.54) is 6.42 Å². The molecule has 4 heteroatoms. The quantitative estimate of drug-likeness (QED) is 0.755. The maximum Gasteiger partial charge on any atom is 0.137 e. The predicted molar refractivity (Wildman–Crippen MR) is 82.0 cm³/mol. The molecule has 2 unspecified atom stereocenters. The van der Waals surface area contributed by atoms with Crippen LogP contribution in [0.4, 0.5) is 0 Å². The van der Waals surface area contributed by atoms with E-state index >= 15 is 0 Å². The summed E-state index contributed by atoms with van der Waals surface area (Å²) >= 11 is 0. The van der Waals surface area contributed by atoms with Crippen molar-refractivity contribution in [3.05, 3.63) is 42.0 Å². The highest BCUT2D eigenvalue weighted by Crippen LogP contribution is 2.17. The van der Waals surface area contributed by atoms with Gasteiger partial charge in [-0.1, -0.05) is 24.3 Å². The first-order chi connectivity index (χ1) is 10.3. The summed E-state index contributed by atoms with van der Waals surface area (Å²) < 4.78 is 5.51. The number of aliphatic hydroxyl groups is 1. The zero-order valence-corrected chi connectivity index (χ0v) is 12.2. The summed E-state index contributed by atoms with van der Waals surface area (Å²) in [6.07, 6.45) is 7.37. The Morgan fingerprint density at radius 1 is 1.38 bits per heavy atom. The normalized spacial score (nSPS) is 19.0. The van der Waals surface area contributed by atoms with Crippen molar-refractivity contribution in [3.63, 3.8) is 0 Å². The maximum atomic E-state index is 9.92. The molecule has 4 nitrogen and oxygen atoms in total. The van der Waals surface area contributed by atoms with Gasteiger partial charge in [-0.15, -0.1) is 0 Å². The standard InChI is InChI=1S/C17H22N2O2/c18-10-15-8-4-5-9-17(15)21-13-16(20)12-19-11-14-6-2-1-3-7-14/h1-2,4-5,8-9,14,16,19-20H,3,6-7,11-13H2. The van der Waals surface area contributed by atoms with Crippen molar-refractivity contribution in [1.29, 1.82) is 5.26 Å². The lowest BCUT2D eigenvalue weighted by molar-refractivity contribution is 0.105. The van der Waals surface area contributed by atoms with E-state index < -0.39 is 6.10 Å². The molecule has 1 aromatic carbocycles. The number of nitrogens with one attached hydrogen (secondary N) is 1. The Morgan fingerprint density at radius 3 is 3.00 bits per heavy atom. The molecule has 0 amide bonds. The van der Waals surface area contributed by atoms with Gasteiger partial charge < -0.3 is 15.2 Å². The van der Waals surface area contributed by atoms with Gasteiger partial charge in [0, 0.05) is 6.54 Å². The number of ether oxygens (including phenoxy) is 1. The molecule has 2 rings (SSSR count). The van der Waals surface area contributed by atoms with Crippen LogP contribution in [-0.4, -0.2) is 30.9 Å². The molecule has 0 fully saturated rings. The molecule has 2 N–H and O–H groups in total. The number of hydrogen-bond acceptors (Lipinski definition) is 4. The van der Waals surface area contributed by atoms with Crippen molar-refractivity contribution in [3.8, 4) is 11.8 Å². The van der Waals surface area contributed by atoms with Crippen molar-refractivity contribution >= 4 is 0 Å². The Kier molecular flexibility index (Phi) is 6.26. The largest absolute Gasteiger partial charge is 0.489 e. The molecule has 0 aliphatic heterocycles. The Bertz CT molecular complexity index is 508. The van der Waals surface area contributed by atoms with Gasteiger partial charge >= 0.3 is 0 Å². The van der Waals surface area contributed by atoms with Crippen molar-refractivity contribution in [2.24, 2.45) is 5.92 Å². The van der Waals surface area contributed by atoms with Gasteiger partial charge in [0.15, 0.2) is 0 Å². The fourth-order valence-electron chi connectivity index (χ4n) is 2.43. The average Bonchev–Trinajstić information content (AvgIpc) is 2.54. The third kappa shape index (κ3) is 5.22. The minimum absolute atomic E-state index is 0.191. The summed E-state index contributed by atoms with van der Waals surface area (Å²) in [6.45, 7) is 1.63. The molecular weight excluding hydrogens is 264 g/mol. The Balaban J connectivity index is 1.66. The number of nitrogens with zero attached hydrogens (tertiary/aromatic N) is 1. The molecule has 1 aromatic rings. The predicted octanol–water partition coefficient (Wildman–Crippen LogP) is 2.24. The van der Waals surface area contributed by atoms with Gasteiger partial charge in [-0.3, -0.25) is 0 Å². The zero-order valence-electron chi connectivity index (χ0n) is 12.2. The van der Waals surface area contributed by atoms with Gasteiger partial charge in [0.25, 0.3) is 0 Å². The smallest absolute Gasteiger partial charge is 0.137 e. The van der Waals surface area contributed by atoms with E-state index in [0.29, 0.717) is 23.8 Å². The van der Waals surface area contributed by atoms with Crippen LogP contribution in [0.1, 0.15) is 24.8 Å². The number of allylic oxidation sites excluding steroid dienone is 2. The average molecular weight is 286 g/mol. The van der Waals surface area contributed by atoms with E-state index in [1.54, 1.807) is 18.2 Å². The number of hydrogen-bond donors (Lipinski definition) is 2. The monoisotopic (exact) mass is 286 g/mol. The lowest BCUT2D eigenvalue weighted by atomic mass is 9.94. The Labute approximate surface area is 126 Å². The molecule has 2 atom stereocenters. The Hall–Kier alpha value is -1.83. The fourth-order valence-corrected chi connectivity index (χ4v) is 2.43. The summed E-state index contributed by atoms with van der Waals surface area (Å²) in [6, 6.07) is 9.14. The van der Waals surface area contributed by atoms with E-state index in [1.807, 2.05) is 6.07 Å². The second kappa shape index (κ2) is 8.46. The first kappa shape index (κ1) is 15.6. The van der Waals surface area contributed by atoms with Crippen LogP contribution in [0.5, 0.6) is 5.75 Å². The highest BCUT2D eigenvalue weighted by atomic mass is 16.5. The summed E-state index contributed by atoms with van der Waals surface area (Å²) in [7, 11) is 0. The molecular formula is C17H22N2O2. The molecule has 0 saturated heterocycles. The Morgan fingerprint density at radius 2 is 2.24 bits per heavy atom. The summed E-state index contributed by atoms with van der Waals surface area (Å²) in [5.41, 5.74) is 0.492. The van der Waals surface area contributed by atoms with Gasteiger partial charge in [-0.2, -0.15) is 5.26 Å². The number of aliphatic hydroxyl groups excluding tert-OH is 1. The highest BCUT2D eigenvalue weighted by molar-refractivity contribution is 5.42. The minimum Gasteiger partial charge on any atom is -0.489 e. The molecule has 0 radical (unpaired) electrons. The zero-order chi connectivity index (χ0) is 14.9. The number of para-hydroxylation sites is 1. The summed E-state index contributed by atoms with van der Waals surface area (Å²) in [5.74, 6) is 1.19. The SMILES string of the molecule is N#Cc1ccccc1OCC(O)CNCC1CC=CCC1. The van der Waals surface area contributed by atoms with Crippen LogP contribution in [0.3, 0.4) is 0 Å². The van der Waals surface area contributed by atoms with Crippen LogP contribution >= 0.6 is 0 Å². The van der Waals surface area contributed by atoms with E-state index in [4.69, 9.17) is 10.00 Å². The molecule has 21 heavy (non-hydrogen) atoms. The van der Waals surface area contributed by atoms with Crippen LogP contribution in [-0.2, 0) is 0 Å². The molecule has 1 aliphatic rings. The van der Waals surface area contributed by atoms with Gasteiger partial charge in [0.2, 0.25) is 0 Å². The maximum absolute atomic E-state index is 9.92. The molecule has 0 saturated carbocycles. The molecule has 1 aliphatic carbocycles. The molecule has 0 heterocycles. The van der Waals surface area contributed by atoms with Crippen LogP contribution in [0, 0.1) is 17.2 Å². The van der Waals surface area contributed by atoms with E-state index in [9.17, 15) is 5.11 Å². The third-order valence-corrected chi connectivity index (χ3v) is 3.63. The van der Waals surface area contributed by atoms with Gasteiger partial charge in [-0.25, -0.2) is 0 Å².